The molecule has 20 heavy (non-hydrogen) atoms. The molecule has 0 atom stereocenters. The van der Waals surface area contributed by atoms with Crippen molar-refractivity contribution in [3.63, 3.8) is 0 Å². The van der Waals surface area contributed by atoms with Crippen LogP contribution in [-0.2, 0) is 23.5 Å². The van der Waals surface area contributed by atoms with Crippen LogP contribution in [0.1, 0.15) is 25.5 Å². The first-order valence-corrected chi connectivity index (χ1v) is 8.00. The molecule has 0 unspecified atom stereocenters. The van der Waals surface area contributed by atoms with Gasteiger partial charge in [0, 0.05) is 23.6 Å². The molecule has 1 aromatic heterocycles. The fourth-order valence-corrected chi connectivity index (χ4v) is 3.03. The van der Waals surface area contributed by atoms with Crippen LogP contribution in [0.5, 0.6) is 0 Å². The first-order valence-electron chi connectivity index (χ1n) is 6.51. The van der Waals surface area contributed by atoms with Crippen molar-refractivity contribution in [1.82, 2.24) is 9.29 Å². The molecular formula is C14H21ClN2O2S. The zero-order chi connectivity index (χ0) is 14.0. The number of nitrogens with zero attached hydrogens (tertiary/aromatic N) is 1. The number of benzene rings is 1. The van der Waals surface area contributed by atoms with Gasteiger partial charge in [0.25, 0.3) is 0 Å². The Kier molecular flexibility index (Phi) is 5.62. The highest BCUT2D eigenvalue weighted by atomic mass is 35.5. The SMILES string of the molecule is CCCCc1cc2cc(S(=O)(=O)NC)ccc2n1C.Cl. The van der Waals surface area contributed by atoms with Crippen molar-refractivity contribution in [2.45, 2.75) is 31.1 Å². The van der Waals surface area contributed by atoms with E-state index in [-0.39, 0.29) is 12.4 Å². The number of aryl methyl sites for hydroxylation is 2. The van der Waals surface area contributed by atoms with Crippen LogP contribution in [0, 0.1) is 0 Å². The van der Waals surface area contributed by atoms with Gasteiger partial charge in [0.1, 0.15) is 0 Å². The summed E-state index contributed by atoms with van der Waals surface area (Å²) >= 11 is 0. The lowest BCUT2D eigenvalue weighted by Crippen LogP contribution is -2.18. The number of halogens is 1. The number of hydrogen-bond donors (Lipinski definition) is 1. The fraction of sp³-hybridized carbons (Fsp3) is 0.429. The van der Waals surface area contributed by atoms with Crippen molar-refractivity contribution in [3.8, 4) is 0 Å². The highest BCUT2D eigenvalue weighted by Gasteiger charge is 2.13. The molecule has 0 aliphatic carbocycles. The number of unbranched alkanes of at least 4 members (excludes halogenated alkanes) is 1. The topological polar surface area (TPSA) is 51.1 Å². The molecule has 0 bridgehead atoms. The summed E-state index contributed by atoms with van der Waals surface area (Å²) in [6, 6.07) is 7.34. The lowest BCUT2D eigenvalue weighted by Gasteiger charge is -2.04. The summed E-state index contributed by atoms with van der Waals surface area (Å²) in [7, 11) is 0.0857. The third-order valence-electron chi connectivity index (χ3n) is 3.48. The van der Waals surface area contributed by atoms with Crippen LogP contribution in [0.4, 0.5) is 0 Å². The van der Waals surface area contributed by atoms with Gasteiger partial charge >= 0.3 is 0 Å². The molecule has 0 spiro atoms. The molecule has 2 rings (SSSR count). The average Bonchev–Trinajstić information content (AvgIpc) is 2.72. The number of fused-ring (bicyclic) bond motifs is 1. The molecule has 112 valence electrons. The molecule has 0 aliphatic rings. The summed E-state index contributed by atoms with van der Waals surface area (Å²) < 4.78 is 28.1. The van der Waals surface area contributed by atoms with Gasteiger partial charge < -0.3 is 4.57 Å². The summed E-state index contributed by atoms with van der Waals surface area (Å²) in [6.45, 7) is 2.17. The van der Waals surface area contributed by atoms with E-state index in [1.807, 2.05) is 13.1 Å². The molecule has 2 aromatic rings. The van der Waals surface area contributed by atoms with E-state index >= 15 is 0 Å². The molecule has 0 saturated carbocycles. The van der Waals surface area contributed by atoms with Gasteiger partial charge in [0.2, 0.25) is 10.0 Å². The van der Waals surface area contributed by atoms with Crippen molar-refractivity contribution in [2.75, 3.05) is 7.05 Å². The maximum Gasteiger partial charge on any atom is 0.240 e. The lowest BCUT2D eigenvalue weighted by atomic mass is 10.2. The minimum atomic E-state index is -3.37. The number of rotatable bonds is 5. The maximum atomic E-state index is 11.8. The van der Waals surface area contributed by atoms with Crippen LogP contribution in [0.15, 0.2) is 29.2 Å². The monoisotopic (exact) mass is 316 g/mol. The summed E-state index contributed by atoms with van der Waals surface area (Å²) in [6.07, 6.45) is 3.32. The highest BCUT2D eigenvalue weighted by molar-refractivity contribution is 7.89. The van der Waals surface area contributed by atoms with Gasteiger partial charge in [-0.1, -0.05) is 13.3 Å². The summed E-state index contributed by atoms with van der Waals surface area (Å²) in [5.41, 5.74) is 2.32. The largest absolute Gasteiger partial charge is 0.348 e. The van der Waals surface area contributed by atoms with Gasteiger partial charge in [0.05, 0.1) is 4.90 Å². The molecule has 0 amide bonds. The average molecular weight is 317 g/mol. The minimum Gasteiger partial charge on any atom is -0.348 e. The Morgan fingerprint density at radius 2 is 1.95 bits per heavy atom. The van der Waals surface area contributed by atoms with Crippen LogP contribution in [0.2, 0.25) is 0 Å². The molecule has 0 fully saturated rings. The van der Waals surface area contributed by atoms with Crippen molar-refractivity contribution in [2.24, 2.45) is 7.05 Å². The van der Waals surface area contributed by atoms with E-state index in [4.69, 9.17) is 0 Å². The zero-order valence-electron chi connectivity index (χ0n) is 12.0. The Labute approximate surface area is 126 Å². The standard InChI is InChI=1S/C14H20N2O2S.ClH/c1-4-5-6-12-9-11-10-13(19(17,18)15-2)7-8-14(11)16(12)3;/h7-10,15H,4-6H2,1-3H3;1H. The van der Waals surface area contributed by atoms with Crippen LogP contribution in [0.25, 0.3) is 10.9 Å². The van der Waals surface area contributed by atoms with Gasteiger partial charge in [-0.3, -0.25) is 0 Å². The third kappa shape index (κ3) is 3.16. The van der Waals surface area contributed by atoms with E-state index in [1.165, 1.54) is 12.7 Å². The highest BCUT2D eigenvalue weighted by Crippen LogP contribution is 2.23. The van der Waals surface area contributed by atoms with Gasteiger partial charge in [0.15, 0.2) is 0 Å². The molecule has 0 radical (unpaired) electrons. The fourth-order valence-electron chi connectivity index (χ4n) is 2.27. The molecule has 0 saturated heterocycles. The van der Waals surface area contributed by atoms with Crippen LogP contribution >= 0.6 is 12.4 Å². The normalized spacial score (nSPS) is 11.6. The van der Waals surface area contributed by atoms with Crippen LogP contribution < -0.4 is 4.72 Å². The lowest BCUT2D eigenvalue weighted by molar-refractivity contribution is 0.588. The number of hydrogen-bond acceptors (Lipinski definition) is 2. The smallest absolute Gasteiger partial charge is 0.240 e. The number of aromatic nitrogens is 1. The second kappa shape index (κ2) is 6.61. The second-order valence-electron chi connectivity index (χ2n) is 4.73. The predicted molar refractivity (Wildman–Crippen MR) is 85.0 cm³/mol. The van der Waals surface area contributed by atoms with E-state index in [1.54, 1.807) is 12.1 Å². The Balaban J connectivity index is 0.00000200. The molecule has 4 nitrogen and oxygen atoms in total. The second-order valence-corrected chi connectivity index (χ2v) is 6.61. The Bertz CT molecular complexity index is 693. The van der Waals surface area contributed by atoms with Gasteiger partial charge in [-0.25, -0.2) is 13.1 Å². The summed E-state index contributed by atoms with van der Waals surface area (Å²) in [5.74, 6) is 0. The van der Waals surface area contributed by atoms with Gasteiger partial charge in [-0.2, -0.15) is 0 Å². The molecule has 1 aromatic carbocycles. The Hall–Kier alpha value is -1.04. The number of sulfonamides is 1. The van der Waals surface area contributed by atoms with E-state index in [2.05, 4.69) is 22.3 Å². The van der Waals surface area contributed by atoms with E-state index in [0.717, 1.165) is 30.2 Å². The first-order chi connectivity index (χ1) is 8.99. The van der Waals surface area contributed by atoms with Gasteiger partial charge in [-0.15, -0.1) is 12.4 Å². The minimum absolute atomic E-state index is 0. The molecule has 1 N–H and O–H groups in total. The summed E-state index contributed by atoms with van der Waals surface area (Å²) in [5, 5.41) is 0.977. The zero-order valence-corrected chi connectivity index (χ0v) is 13.6. The predicted octanol–water partition coefficient (Wildman–Crippen LogP) is 2.85. The van der Waals surface area contributed by atoms with Crippen molar-refractivity contribution < 1.29 is 8.42 Å². The van der Waals surface area contributed by atoms with E-state index in [0.29, 0.717) is 4.90 Å². The first kappa shape index (κ1) is 17.0. The molecule has 0 aliphatic heterocycles. The quantitative estimate of drug-likeness (QED) is 0.922. The van der Waals surface area contributed by atoms with Crippen LogP contribution in [0.3, 0.4) is 0 Å². The Morgan fingerprint density at radius 1 is 1.25 bits per heavy atom. The Morgan fingerprint density at radius 3 is 2.55 bits per heavy atom. The van der Waals surface area contributed by atoms with Crippen molar-refractivity contribution >= 4 is 33.3 Å². The van der Waals surface area contributed by atoms with Crippen molar-refractivity contribution in [3.05, 3.63) is 30.0 Å². The van der Waals surface area contributed by atoms with Gasteiger partial charge in [-0.05, 0) is 44.2 Å². The molecule has 1 heterocycles. The van der Waals surface area contributed by atoms with Crippen LogP contribution in [-0.4, -0.2) is 20.0 Å². The van der Waals surface area contributed by atoms with E-state index < -0.39 is 10.0 Å². The molecule has 6 heteroatoms. The molecular weight excluding hydrogens is 296 g/mol. The third-order valence-corrected chi connectivity index (χ3v) is 4.89. The van der Waals surface area contributed by atoms with Crippen molar-refractivity contribution in [1.29, 1.82) is 0 Å². The summed E-state index contributed by atoms with van der Waals surface area (Å²) in [4.78, 5) is 0.315. The number of nitrogens with one attached hydrogen (secondary N) is 1. The van der Waals surface area contributed by atoms with E-state index in [9.17, 15) is 8.42 Å². The maximum absolute atomic E-state index is 11.8.